The molecule has 1 aliphatic rings. The molecule has 0 bridgehead atoms. The second kappa shape index (κ2) is 6.77. The van der Waals surface area contributed by atoms with E-state index >= 15 is 0 Å². The fourth-order valence-corrected chi connectivity index (χ4v) is 2.35. The molecule has 0 aromatic heterocycles. The maximum Gasteiger partial charge on any atom is 0.315 e. The van der Waals surface area contributed by atoms with Crippen molar-refractivity contribution in [3.63, 3.8) is 0 Å². The zero-order valence-electron chi connectivity index (χ0n) is 11.4. The topological polar surface area (TPSA) is 61.4 Å². The average molecular weight is 295 g/mol. The van der Waals surface area contributed by atoms with E-state index < -0.39 is 0 Å². The minimum Gasteiger partial charge on any atom is -0.396 e. The zero-order valence-corrected chi connectivity index (χ0v) is 12.2. The van der Waals surface area contributed by atoms with Crippen LogP contribution in [0.5, 0.6) is 0 Å². The van der Waals surface area contributed by atoms with Crippen molar-refractivity contribution in [1.29, 1.82) is 0 Å². The lowest BCUT2D eigenvalue weighted by molar-refractivity contribution is 0.231. The molecule has 0 unspecified atom stereocenters. The Morgan fingerprint density at radius 2 is 2.25 bits per heavy atom. The number of urea groups is 1. The molecule has 5 heteroatoms. The molecule has 2 rings (SSSR count). The molecular weight excluding hydrogens is 276 g/mol. The van der Waals surface area contributed by atoms with Gasteiger partial charge in [0, 0.05) is 30.1 Å². The van der Waals surface area contributed by atoms with Gasteiger partial charge >= 0.3 is 6.03 Å². The van der Waals surface area contributed by atoms with Crippen LogP contribution < -0.4 is 10.6 Å². The highest BCUT2D eigenvalue weighted by molar-refractivity contribution is 6.31. The number of aliphatic hydroxyl groups excluding tert-OH is 1. The van der Waals surface area contributed by atoms with E-state index in [0.717, 1.165) is 22.6 Å². The average Bonchev–Trinajstić information content (AvgIpc) is 2.88. The molecule has 0 fully saturated rings. The number of amides is 2. The van der Waals surface area contributed by atoms with E-state index in [1.165, 1.54) is 0 Å². The number of halogens is 1. The standard InChI is InChI=1S/C15H19ClN2O2/c1-10-6-11(3-5-14(10)16)8-17-15(20)18-13-4-2-12(7-13)9-19/h2-6,12-13,19H,7-9H2,1H3,(H2,17,18,20)/t12-,13+/m0/s1. The maximum atomic E-state index is 11.8. The highest BCUT2D eigenvalue weighted by Gasteiger charge is 2.19. The summed E-state index contributed by atoms with van der Waals surface area (Å²) in [6.07, 6.45) is 4.62. The number of carbonyl (C=O) groups is 1. The van der Waals surface area contributed by atoms with E-state index in [2.05, 4.69) is 10.6 Å². The number of aliphatic hydroxyl groups is 1. The minimum absolute atomic E-state index is 0.000830. The van der Waals surface area contributed by atoms with Gasteiger partial charge in [-0.05, 0) is 30.5 Å². The highest BCUT2D eigenvalue weighted by atomic mass is 35.5. The number of hydrogen-bond acceptors (Lipinski definition) is 2. The summed E-state index contributed by atoms with van der Waals surface area (Å²) in [6.45, 7) is 2.52. The lowest BCUT2D eigenvalue weighted by atomic mass is 10.1. The largest absolute Gasteiger partial charge is 0.396 e. The molecule has 108 valence electrons. The van der Waals surface area contributed by atoms with Crippen LogP contribution in [0, 0.1) is 12.8 Å². The van der Waals surface area contributed by atoms with Gasteiger partial charge in [-0.25, -0.2) is 4.79 Å². The molecule has 3 N–H and O–H groups in total. The first-order chi connectivity index (χ1) is 9.58. The van der Waals surface area contributed by atoms with Crippen molar-refractivity contribution < 1.29 is 9.90 Å². The lowest BCUT2D eigenvalue weighted by Gasteiger charge is -2.14. The summed E-state index contributed by atoms with van der Waals surface area (Å²) in [6, 6.07) is 5.48. The number of carbonyl (C=O) groups excluding carboxylic acids is 1. The summed E-state index contributed by atoms with van der Waals surface area (Å²) < 4.78 is 0. The molecule has 2 amide bonds. The fourth-order valence-electron chi connectivity index (χ4n) is 2.24. The maximum absolute atomic E-state index is 11.8. The van der Waals surface area contributed by atoms with Gasteiger partial charge in [0.2, 0.25) is 0 Å². The van der Waals surface area contributed by atoms with Gasteiger partial charge in [0.25, 0.3) is 0 Å². The van der Waals surface area contributed by atoms with E-state index in [1.54, 1.807) is 0 Å². The quantitative estimate of drug-likeness (QED) is 0.747. The van der Waals surface area contributed by atoms with Gasteiger partial charge in [-0.3, -0.25) is 0 Å². The first-order valence-corrected chi connectivity index (χ1v) is 7.05. The molecule has 0 saturated carbocycles. The predicted molar refractivity (Wildman–Crippen MR) is 79.7 cm³/mol. The van der Waals surface area contributed by atoms with Crippen LogP contribution >= 0.6 is 11.6 Å². The van der Waals surface area contributed by atoms with Gasteiger partial charge in [0.1, 0.15) is 0 Å². The molecule has 0 radical (unpaired) electrons. The summed E-state index contributed by atoms with van der Waals surface area (Å²) in [5, 5.41) is 15.4. The Hall–Kier alpha value is -1.52. The van der Waals surface area contributed by atoms with Gasteiger partial charge in [-0.1, -0.05) is 35.9 Å². The highest BCUT2D eigenvalue weighted by Crippen LogP contribution is 2.17. The van der Waals surface area contributed by atoms with E-state index in [4.69, 9.17) is 16.7 Å². The van der Waals surface area contributed by atoms with Crippen LogP contribution in [0.2, 0.25) is 5.02 Å². The number of nitrogens with one attached hydrogen (secondary N) is 2. The van der Waals surface area contributed by atoms with Crippen LogP contribution in [-0.2, 0) is 6.54 Å². The van der Waals surface area contributed by atoms with Gasteiger partial charge < -0.3 is 15.7 Å². The Kier molecular flexibility index (Phi) is 5.04. The zero-order chi connectivity index (χ0) is 14.5. The van der Waals surface area contributed by atoms with Crippen LogP contribution in [0.1, 0.15) is 17.5 Å². The number of rotatable bonds is 4. The summed E-state index contributed by atoms with van der Waals surface area (Å²) in [5.41, 5.74) is 2.01. The second-order valence-corrected chi connectivity index (χ2v) is 5.49. The van der Waals surface area contributed by atoms with E-state index in [1.807, 2.05) is 37.3 Å². The monoisotopic (exact) mass is 294 g/mol. The molecule has 2 atom stereocenters. The number of hydrogen-bond donors (Lipinski definition) is 3. The molecule has 0 saturated heterocycles. The molecule has 1 aliphatic carbocycles. The van der Waals surface area contributed by atoms with Crippen molar-refractivity contribution in [2.24, 2.45) is 5.92 Å². The minimum atomic E-state index is -0.203. The SMILES string of the molecule is Cc1cc(CNC(=O)N[C@@H]2C=C[C@H](CO)C2)ccc1Cl. The van der Waals surface area contributed by atoms with Gasteiger partial charge in [-0.15, -0.1) is 0 Å². The third-order valence-corrected chi connectivity index (χ3v) is 3.82. The van der Waals surface area contributed by atoms with Crippen LogP contribution in [0.15, 0.2) is 30.4 Å². The second-order valence-electron chi connectivity index (χ2n) is 5.08. The van der Waals surface area contributed by atoms with E-state index in [0.29, 0.717) is 6.54 Å². The van der Waals surface area contributed by atoms with Crippen molar-refractivity contribution in [1.82, 2.24) is 10.6 Å². The molecule has 20 heavy (non-hydrogen) atoms. The Balaban J connectivity index is 1.78. The predicted octanol–water partition coefficient (Wildman–Crippen LogP) is 2.38. The molecule has 1 aromatic carbocycles. The van der Waals surface area contributed by atoms with E-state index in [-0.39, 0.29) is 24.6 Å². The van der Waals surface area contributed by atoms with Crippen molar-refractivity contribution in [3.8, 4) is 0 Å². The lowest BCUT2D eigenvalue weighted by Crippen LogP contribution is -2.40. The van der Waals surface area contributed by atoms with Crippen LogP contribution in [0.3, 0.4) is 0 Å². The molecule has 0 heterocycles. The number of benzene rings is 1. The van der Waals surface area contributed by atoms with Crippen LogP contribution in [0.4, 0.5) is 4.79 Å². The molecule has 0 aliphatic heterocycles. The summed E-state index contributed by atoms with van der Waals surface area (Å²) in [4.78, 5) is 11.8. The van der Waals surface area contributed by atoms with Gasteiger partial charge in [0.15, 0.2) is 0 Å². The van der Waals surface area contributed by atoms with Crippen LogP contribution in [-0.4, -0.2) is 23.8 Å². The van der Waals surface area contributed by atoms with Gasteiger partial charge in [-0.2, -0.15) is 0 Å². The molecular formula is C15H19ClN2O2. The normalized spacial score (nSPS) is 20.9. The Morgan fingerprint density at radius 3 is 2.90 bits per heavy atom. The Morgan fingerprint density at radius 1 is 1.45 bits per heavy atom. The van der Waals surface area contributed by atoms with Crippen molar-refractivity contribution >= 4 is 17.6 Å². The first-order valence-electron chi connectivity index (χ1n) is 6.67. The molecule has 1 aromatic rings. The smallest absolute Gasteiger partial charge is 0.315 e. The fraction of sp³-hybridized carbons (Fsp3) is 0.400. The molecule has 0 spiro atoms. The summed E-state index contributed by atoms with van der Waals surface area (Å²) in [5.74, 6) is 0.152. The van der Waals surface area contributed by atoms with E-state index in [9.17, 15) is 4.79 Å². The summed E-state index contributed by atoms with van der Waals surface area (Å²) in [7, 11) is 0. The molecule has 4 nitrogen and oxygen atoms in total. The Labute approximate surface area is 123 Å². The summed E-state index contributed by atoms with van der Waals surface area (Å²) >= 11 is 5.96. The third kappa shape index (κ3) is 3.99. The van der Waals surface area contributed by atoms with Crippen LogP contribution in [0.25, 0.3) is 0 Å². The third-order valence-electron chi connectivity index (χ3n) is 3.40. The Bertz CT molecular complexity index is 517. The van der Waals surface area contributed by atoms with Crippen molar-refractivity contribution in [3.05, 3.63) is 46.5 Å². The van der Waals surface area contributed by atoms with Crippen molar-refractivity contribution in [2.75, 3.05) is 6.61 Å². The first kappa shape index (κ1) is 14.9. The number of aryl methyl sites for hydroxylation is 1. The van der Waals surface area contributed by atoms with Crippen molar-refractivity contribution in [2.45, 2.75) is 25.9 Å². The van der Waals surface area contributed by atoms with Gasteiger partial charge in [0.05, 0.1) is 0 Å².